The Balaban J connectivity index is 2.21. The van der Waals surface area contributed by atoms with E-state index >= 15 is 0 Å². The lowest BCUT2D eigenvalue weighted by Gasteiger charge is -2.03. The fourth-order valence-electron chi connectivity index (χ4n) is 1.36. The van der Waals surface area contributed by atoms with E-state index in [2.05, 4.69) is 21.0 Å². The zero-order valence-electron chi connectivity index (χ0n) is 8.30. The van der Waals surface area contributed by atoms with Gasteiger partial charge in [0.25, 0.3) is 0 Å². The molecule has 0 saturated carbocycles. The highest BCUT2D eigenvalue weighted by Gasteiger charge is 2.06. The van der Waals surface area contributed by atoms with Crippen molar-refractivity contribution in [3.63, 3.8) is 0 Å². The van der Waals surface area contributed by atoms with Crippen molar-refractivity contribution in [2.45, 2.75) is 6.54 Å². The first-order valence-corrected chi connectivity index (χ1v) is 5.45. The maximum Gasteiger partial charge on any atom is 0.338 e. The molecule has 0 atom stereocenters. The molecule has 82 valence electrons. The van der Waals surface area contributed by atoms with Crippen LogP contribution in [-0.2, 0) is 6.54 Å². The van der Waals surface area contributed by atoms with Crippen LogP contribution in [0.2, 0.25) is 0 Å². The zero-order chi connectivity index (χ0) is 11.5. The number of halogens is 1. The van der Waals surface area contributed by atoms with E-state index in [0.29, 0.717) is 6.54 Å². The zero-order valence-corrected chi connectivity index (χ0v) is 9.89. The van der Waals surface area contributed by atoms with Crippen LogP contribution >= 0.6 is 15.9 Å². The number of rotatable bonds is 3. The molecular weight excluding hydrogens is 272 g/mol. The van der Waals surface area contributed by atoms with E-state index in [1.165, 1.54) is 12.4 Å². The van der Waals surface area contributed by atoms with Crippen LogP contribution in [0.5, 0.6) is 0 Å². The molecule has 1 N–H and O–H groups in total. The fraction of sp³-hybridized carbons (Fsp3) is 0.0909. The van der Waals surface area contributed by atoms with Crippen LogP contribution < -0.4 is 0 Å². The van der Waals surface area contributed by atoms with Crippen LogP contribution in [0.25, 0.3) is 0 Å². The molecule has 1 aromatic heterocycles. The van der Waals surface area contributed by atoms with E-state index in [4.69, 9.17) is 5.11 Å². The summed E-state index contributed by atoms with van der Waals surface area (Å²) >= 11 is 3.43. The van der Waals surface area contributed by atoms with Crippen molar-refractivity contribution in [3.05, 3.63) is 52.3 Å². The van der Waals surface area contributed by atoms with E-state index in [-0.39, 0.29) is 5.56 Å². The van der Waals surface area contributed by atoms with Crippen molar-refractivity contribution < 1.29 is 9.90 Å². The molecule has 0 unspecified atom stereocenters. The number of hydrogen-bond donors (Lipinski definition) is 1. The van der Waals surface area contributed by atoms with Gasteiger partial charge < -0.3 is 5.11 Å². The van der Waals surface area contributed by atoms with Gasteiger partial charge in [-0.05, 0) is 11.6 Å². The molecule has 2 aromatic rings. The van der Waals surface area contributed by atoms with Crippen LogP contribution in [0.15, 0.2) is 41.1 Å². The minimum Gasteiger partial charge on any atom is -0.478 e. The van der Waals surface area contributed by atoms with Gasteiger partial charge in [0.1, 0.15) is 0 Å². The Morgan fingerprint density at radius 1 is 1.44 bits per heavy atom. The van der Waals surface area contributed by atoms with Gasteiger partial charge in [0.2, 0.25) is 0 Å². The molecule has 0 spiro atoms. The lowest BCUT2D eigenvalue weighted by Crippen LogP contribution is -2.01. The third kappa shape index (κ3) is 2.30. The monoisotopic (exact) mass is 280 g/mol. The highest BCUT2D eigenvalue weighted by Crippen LogP contribution is 2.16. The summed E-state index contributed by atoms with van der Waals surface area (Å²) in [6, 6.07) is 7.77. The standard InChI is InChI=1S/C11H9BrN2O2/c12-10-4-2-1-3-8(10)6-14-7-9(5-13-14)11(15)16/h1-5,7H,6H2,(H,15,16). The van der Waals surface area contributed by atoms with Gasteiger partial charge in [-0.2, -0.15) is 5.10 Å². The summed E-state index contributed by atoms with van der Waals surface area (Å²) in [6.45, 7) is 0.550. The number of benzene rings is 1. The van der Waals surface area contributed by atoms with Crippen LogP contribution in [0, 0.1) is 0 Å². The van der Waals surface area contributed by atoms with E-state index in [9.17, 15) is 4.79 Å². The summed E-state index contributed by atoms with van der Waals surface area (Å²) in [6.07, 6.45) is 2.86. The van der Waals surface area contributed by atoms with Crippen LogP contribution in [0.1, 0.15) is 15.9 Å². The van der Waals surface area contributed by atoms with Gasteiger partial charge in [-0.3, -0.25) is 4.68 Å². The quantitative estimate of drug-likeness (QED) is 0.939. The van der Waals surface area contributed by atoms with Gasteiger partial charge in [0.15, 0.2) is 0 Å². The van der Waals surface area contributed by atoms with Gasteiger partial charge in [0, 0.05) is 10.7 Å². The molecular formula is C11H9BrN2O2. The van der Waals surface area contributed by atoms with Crippen LogP contribution in [0.4, 0.5) is 0 Å². The SMILES string of the molecule is O=C(O)c1cnn(Cc2ccccc2Br)c1. The second kappa shape index (κ2) is 4.49. The smallest absolute Gasteiger partial charge is 0.338 e. The van der Waals surface area contributed by atoms with Gasteiger partial charge >= 0.3 is 5.97 Å². The second-order valence-electron chi connectivity index (χ2n) is 3.32. The normalized spacial score (nSPS) is 10.3. The lowest BCUT2D eigenvalue weighted by molar-refractivity contribution is 0.0697. The van der Waals surface area contributed by atoms with Crippen molar-refractivity contribution >= 4 is 21.9 Å². The van der Waals surface area contributed by atoms with Crippen LogP contribution in [0.3, 0.4) is 0 Å². The van der Waals surface area contributed by atoms with Crippen molar-refractivity contribution in [3.8, 4) is 0 Å². The first-order valence-electron chi connectivity index (χ1n) is 4.66. The molecule has 0 radical (unpaired) electrons. The van der Waals surface area contributed by atoms with Crippen LogP contribution in [-0.4, -0.2) is 20.9 Å². The number of aromatic carboxylic acids is 1. The molecule has 0 aliphatic rings. The molecule has 1 heterocycles. The molecule has 0 aliphatic carbocycles. The van der Waals surface area contributed by atoms with E-state index in [0.717, 1.165) is 10.0 Å². The predicted molar refractivity (Wildman–Crippen MR) is 62.4 cm³/mol. The third-order valence-corrected chi connectivity index (χ3v) is 2.94. The second-order valence-corrected chi connectivity index (χ2v) is 4.18. The Labute approximate surface area is 101 Å². The van der Waals surface area contributed by atoms with E-state index < -0.39 is 5.97 Å². The highest BCUT2D eigenvalue weighted by atomic mass is 79.9. The summed E-state index contributed by atoms with van der Waals surface area (Å²) in [5, 5.41) is 12.7. The van der Waals surface area contributed by atoms with Gasteiger partial charge in [-0.25, -0.2) is 4.79 Å². The number of carbonyl (C=O) groups is 1. The molecule has 2 rings (SSSR count). The predicted octanol–water partition coefficient (Wildman–Crippen LogP) is 2.39. The Morgan fingerprint density at radius 2 is 2.19 bits per heavy atom. The first-order chi connectivity index (χ1) is 7.66. The topological polar surface area (TPSA) is 55.1 Å². The number of carboxylic acids is 1. The Bertz CT molecular complexity index is 522. The Morgan fingerprint density at radius 3 is 2.81 bits per heavy atom. The maximum absolute atomic E-state index is 10.7. The lowest BCUT2D eigenvalue weighted by atomic mass is 10.2. The summed E-state index contributed by atoms with van der Waals surface area (Å²) in [5.41, 5.74) is 1.26. The van der Waals surface area contributed by atoms with Gasteiger partial charge in [-0.15, -0.1) is 0 Å². The summed E-state index contributed by atoms with van der Waals surface area (Å²) in [4.78, 5) is 10.7. The molecule has 0 bridgehead atoms. The summed E-state index contributed by atoms with van der Waals surface area (Å²) in [5.74, 6) is -0.960. The van der Waals surface area contributed by atoms with Crippen molar-refractivity contribution in [2.24, 2.45) is 0 Å². The number of aromatic nitrogens is 2. The van der Waals surface area contributed by atoms with Crippen molar-refractivity contribution in [1.82, 2.24) is 9.78 Å². The summed E-state index contributed by atoms with van der Waals surface area (Å²) < 4.78 is 2.59. The van der Waals surface area contributed by atoms with Gasteiger partial charge in [-0.1, -0.05) is 34.1 Å². The fourth-order valence-corrected chi connectivity index (χ4v) is 1.77. The Hall–Kier alpha value is -1.62. The first kappa shape index (κ1) is 10.9. The molecule has 1 aromatic carbocycles. The largest absolute Gasteiger partial charge is 0.478 e. The van der Waals surface area contributed by atoms with Crippen molar-refractivity contribution in [2.75, 3.05) is 0 Å². The van der Waals surface area contributed by atoms with Gasteiger partial charge in [0.05, 0.1) is 18.3 Å². The Kier molecular flexibility index (Phi) is 3.05. The number of nitrogens with zero attached hydrogens (tertiary/aromatic N) is 2. The minimum absolute atomic E-state index is 0.201. The highest BCUT2D eigenvalue weighted by molar-refractivity contribution is 9.10. The molecule has 4 nitrogen and oxygen atoms in total. The molecule has 0 fully saturated rings. The number of hydrogen-bond acceptors (Lipinski definition) is 2. The third-order valence-electron chi connectivity index (χ3n) is 2.17. The van der Waals surface area contributed by atoms with E-state index in [1.807, 2.05) is 24.3 Å². The van der Waals surface area contributed by atoms with E-state index in [1.54, 1.807) is 4.68 Å². The average molecular weight is 281 g/mol. The minimum atomic E-state index is -0.960. The molecule has 0 amide bonds. The molecule has 0 saturated heterocycles. The van der Waals surface area contributed by atoms with Crippen molar-refractivity contribution in [1.29, 1.82) is 0 Å². The maximum atomic E-state index is 10.7. The molecule has 0 aliphatic heterocycles. The number of carboxylic acid groups (broad SMARTS) is 1. The summed E-state index contributed by atoms with van der Waals surface area (Å²) in [7, 11) is 0. The molecule has 5 heteroatoms. The average Bonchev–Trinajstić information content (AvgIpc) is 2.70. The molecule has 16 heavy (non-hydrogen) atoms.